The highest BCUT2D eigenvalue weighted by molar-refractivity contribution is 5.85. The van der Waals surface area contributed by atoms with Gasteiger partial charge in [0.15, 0.2) is 0 Å². The highest BCUT2D eigenvalue weighted by Gasteiger charge is 2.38. The first-order valence-electron chi connectivity index (χ1n) is 9.31. The van der Waals surface area contributed by atoms with E-state index in [0.717, 1.165) is 16.7 Å². The zero-order valence-corrected chi connectivity index (χ0v) is 15.8. The zero-order valence-electron chi connectivity index (χ0n) is 15.8. The van der Waals surface area contributed by atoms with Gasteiger partial charge in [-0.2, -0.15) is 0 Å². The van der Waals surface area contributed by atoms with Crippen LogP contribution in [0.2, 0.25) is 0 Å². The average molecular weight is 372 g/mol. The first-order valence-corrected chi connectivity index (χ1v) is 9.31. The van der Waals surface area contributed by atoms with Crippen LogP contribution in [0.1, 0.15) is 30.0 Å². The molecule has 4 heteroatoms. The second-order valence-electron chi connectivity index (χ2n) is 6.90. The van der Waals surface area contributed by atoms with Crippen LogP contribution in [0.15, 0.2) is 91.0 Å². The third kappa shape index (κ3) is 3.96. The SMILES string of the molecule is C[C@@H](CC(=O)NC(c1ccccc1)(c1ccccc1)c1ccccc1)C(N)=O. The third-order valence-electron chi connectivity index (χ3n) is 4.92. The van der Waals surface area contributed by atoms with Crippen molar-refractivity contribution in [2.24, 2.45) is 11.7 Å². The van der Waals surface area contributed by atoms with Crippen LogP contribution in [-0.4, -0.2) is 11.8 Å². The lowest BCUT2D eigenvalue weighted by atomic mass is 9.76. The quantitative estimate of drug-likeness (QED) is 0.622. The number of carbonyl (C=O) groups is 2. The molecule has 4 nitrogen and oxygen atoms in total. The van der Waals surface area contributed by atoms with E-state index in [1.807, 2.05) is 91.0 Å². The van der Waals surface area contributed by atoms with Crippen LogP contribution in [0.3, 0.4) is 0 Å². The van der Waals surface area contributed by atoms with Gasteiger partial charge in [-0.15, -0.1) is 0 Å². The second-order valence-corrected chi connectivity index (χ2v) is 6.90. The number of primary amides is 1. The number of nitrogens with one attached hydrogen (secondary N) is 1. The van der Waals surface area contributed by atoms with E-state index in [1.54, 1.807) is 6.92 Å². The van der Waals surface area contributed by atoms with Gasteiger partial charge in [0.25, 0.3) is 0 Å². The molecule has 0 saturated carbocycles. The number of hydrogen-bond donors (Lipinski definition) is 2. The zero-order chi connectivity index (χ0) is 20.0. The van der Waals surface area contributed by atoms with E-state index in [1.165, 1.54) is 0 Å². The Morgan fingerprint density at radius 3 is 1.46 bits per heavy atom. The van der Waals surface area contributed by atoms with Crippen molar-refractivity contribution in [3.63, 3.8) is 0 Å². The molecule has 0 unspecified atom stereocenters. The van der Waals surface area contributed by atoms with Crippen LogP contribution in [0, 0.1) is 5.92 Å². The van der Waals surface area contributed by atoms with Gasteiger partial charge in [-0.3, -0.25) is 9.59 Å². The molecule has 3 aromatic carbocycles. The molecule has 0 saturated heterocycles. The normalized spacial score (nSPS) is 12.2. The fourth-order valence-electron chi connectivity index (χ4n) is 3.42. The summed E-state index contributed by atoms with van der Waals surface area (Å²) in [4.78, 5) is 24.4. The van der Waals surface area contributed by atoms with Crippen molar-refractivity contribution in [1.29, 1.82) is 0 Å². The molecule has 2 amide bonds. The standard InChI is InChI=1S/C24H24N2O2/c1-18(23(25)28)17-22(27)26-24(19-11-5-2-6-12-19,20-13-7-3-8-14-20)21-15-9-4-10-16-21/h2-16,18H,17H2,1H3,(H2,25,28)(H,26,27)/t18-/m0/s1. The smallest absolute Gasteiger partial charge is 0.222 e. The maximum atomic E-state index is 13.0. The molecular weight excluding hydrogens is 348 g/mol. The van der Waals surface area contributed by atoms with Crippen LogP contribution in [0.5, 0.6) is 0 Å². The summed E-state index contributed by atoms with van der Waals surface area (Å²) in [5, 5.41) is 3.22. The van der Waals surface area contributed by atoms with E-state index >= 15 is 0 Å². The molecule has 1 atom stereocenters. The van der Waals surface area contributed by atoms with Gasteiger partial charge in [-0.25, -0.2) is 0 Å². The molecular formula is C24H24N2O2. The van der Waals surface area contributed by atoms with E-state index in [0.29, 0.717) is 0 Å². The molecule has 3 aromatic rings. The molecule has 28 heavy (non-hydrogen) atoms. The highest BCUT2D eigenvalue weighted by Crippen LogP contribution is 2.36. The minimum Gasteiger partial charge on any atom is -0.369 e. The van der Waals surface area contributed by atoms with Gasteiger partial charge < -0.3 is 11.1 Å². The predicted molar refractivity (Wildman–Crippen MR) is 110 cm³/mol. The van der Waals surface area contributed by atoms with E-state index < -0.39 is 17.4 Å². The first kappa shape index (κ1) is 19.4. The van der Waals surface area contributed by atoms with E-state index in [-0.39, 0.29) is 12.3 Å². The Bertz CT molecular complexity index is 828. The summed E-state index contributed by atoms with van der Waals surface area (Å²) >= 11 is 0. The average Bonchev–Trinajstić information content (AvgIpc) is 2.74. The fourth-order valence-corrected chi connectivity index (χ4v) is 3.42. The van der Waals surface area contributed by atoms with Gasteiger partial charge in [0.05, 0.1) is 0 Å². The summed E-state index contributed by atoms with van der Waals surface area (Å²) in [6, 6.07) is 29.5. The van der Waals surface area contributed by atoms with Crippen molar-refractivity contribution in [3.05, 3.63) is 108 Å². The number of carbonyl (C=O) groups excluding carboxylic acids is 2. The Morgan fingerprint density at radius 2 is 1.14 bits per heavy atom. The monoisotopic (exact) mass is 372 g/mol. The third-order valence-corrected chi connectivity index (χ3v) is 4.92. The van der Waals surface area contributed by atoms with Crippen LogP contribution in [0.25, 0.3) is 0 Å². The number of nitrogens with two attached hydrogens (primary N) is 1. The summed E-state index contributed by atoms with van der Waals surface area (Å²) in [6.45, 7) is 1.66. The van der Waals surface area contributed by atoms with Gasteiger partial charge in [-0.05, 0) is 16.7 Å². The second kappa shape index (κ2) is 8.53. The topological polar surface area (TPSA) is 72.2 Å². The van der Waals surface area contributed by atoms with Crippen LogP contribution in [-0.2, 0) is 15.1 Å². The summed E-state index contributed by atoms with van der Waals surface area (Å²) in [5.41, 5.74) is 7.30. The largest absolute Gasteiger partial charge is 0.369 e. The van der Waals surface area contributed by atoms with Gasteiger partial charge in [0, 0.05) is 12.3 Å². The Labute approximate surface area is 165 Å². The molecule has 0 radical (unpaired) electrons. The highest BCUT2D eigenvalue weighted by atomic mass is 16.2. The lowest BCUT2D eigenvalue weighted by molar-refractivity contribution is -0.128. The van der Waals surface area contributed by atoms with Gasteiger partial charge in [-0.1, -0.05) is 97.9 Å². The molecule has 0 aliphatic carbocycles. The number of rotatable bonds is 7. The summed E-state index contributed by atoms with van der Waals surface area (Å²) in [5.74, 6) is -1.26. The van der Waals surface area contributed by atoms with Crippen molar-refractivity contribution in [3.8, 4) is 0 Å². The minimum absolute atomic E-state index is 0.0313. The van der Waals surface area contributed by atoms with Gasteiger partial charge in [0.2, 0.25) is 11.8 Å². The molecule has 0 aliphatic rings. The van der Waals surface area contributed by atoms with Crippen molar-refractivity contribution in [2.75, 3.05) is 0 Å². The molecule has 0 heterocycles. The van der Waals surface area contributed by atoms with Crippen molar-refractivity contribution >= 4 is 11.8 Å². The van der Waals surface area contributed by atoms with Gasteiger partial charge >= 0.3 is 0 Å². The molecule has 0 spiro atoms. The lowest BCUT2D eigenvalue weighted by Crippen LogP contribution is -2.48. The molecule has 3 N–H and O–H groups in total. The van der Waals surface area contributed by atoms with E-state index in [4.69, 9.17) is 5.73 Å². The number of benzene rings is 3. The van der Waals surface area contributed by atoms with E-state index in [9.17, 15) is 9.59 Å². The summed E-state index contributed by atoms with van der Waals surface area (Å²) in [7, 11) is 0. The van der Waals surface area contributed by atoms with Crippen molar-refractivity contribution in [1.82, 2.24) is 5.32 Å². The minimum atomic E-state index is -0.877. The molecule has 0 aliphatic heterocycles. The fraction of sp³-hybridized carbons (Fsp3) is 0.167. The maximum absolute atomic E-state index is 13.0. The van der Waals surface area contributed by atoms with Crippen LogP contribution in [0.4, 0.5) is 0 Å². The molecule has 142 valence electrons. The van der Waals surface area contributed by atoms with Crippen molar-refractivity contribution in [2.45, 2.75) is 18.9 Å². The first-order chi connectivity index (χ1) is 13.5. The Morgan fingerprint density at radius 1 is 0.786 bits per heavy atom. The van der Waals surface area contributed by atoms with E-state index in [2.05, 4.69) is 5.32 Å². The molecule has 0 aromatic heterocycles. The Kier molecular flexibility index (Phi) is 5.90. The molecule has 0 bridgehead atoms. The molecule has 3 rings (SSSR count). The Hall–Kier alpha value is -3.40. The summed E-state index contributed by atoms with van der Waals surface area (Å²) in [6.07, 6.45) is 0.0313. The maximum Gasteiger partial charge on any atom is 0.222 e. The number of hydrogen-bond acceptors (Lipinski definition) is 2. The molecule has 0 fully saturated rings. The predicted octanol–water partition coefficient (Wildman–Crippen LogP) is 3.61. The van der Waals surface area contributed by atoms with Crippen molar-refractivity contribution < 1.29 is 9.59 Å². The van der Waals surface area contributed by atoms with Crippen LogP contribution < -0.4 is 11.1 Å². The number of amides is 2. The van der Waals surface area contributed by atoms with Crippen LogP contribution >= 0.6 is 0 Å². The summed E-state index contributed by atoms with van der Waals surface area (Å²) < 4.78 is 0. The van der Waals surface area contributed by atoms with Gasteiger partial charge in [0.1, 0.15) is 5.54 Å². The lowest BCUT2D eigenvalue weighted by Gasteiger charge is -2.37. The Balaban J connectivity index is 2.17.